The van der Waals surface area contributed by atoms with Crippen LogP contribution >= 0.6 is 0 Å². The number of nitro benzene ring substituents is 1. The maximum absolute atomic E-state index is 13.4. The van der Waals surface area contributed by atoms with Crippen molar-refractivity contribution in [2.24, 2.45) is 0 Å². The van der Waals surface area contributed by atoms with Gasteiger partial charge in [-0.25, -0.2) is 0 Å². The number of hydrogen-bond acceptors (Lipinski definition) is 4. The van der Waals surface area contributed by atoms with E-state index in [1.54, 1.807) is 30.3 Å². The predicted octanol–water partition coefficient (Wildman–Crippen LogP) is 3.85. The number of amides is 1. The van der Waals surface area contributed by atoms with E-state index >= 15 is 0 Å². The molecular weight excluding hydrogens is 315 g/mol. The molecule has 6 nitrogen and oxygen atoms in total. The highest BCUT2D eigenvalue weighted by atomic mass is 19.1. The Bertz CT molecular complexity index is 972. The van der Waals surface area contributed by atoms with Crippen LogP contribution in [-0.4, -0.2) is 15.9 Å². The average molecular weight is 326 g/mol. The van der Waals surface area contributed by atoms with Crippen LogP contribution in [0.25, 0.3) is 10.8 Å². The van der Waals surface area contributed by atoms with Crippen molar-refractivity contribution < 1.29 is 19.2 Å². The molecule has 0 fully saturated rings. The number of hydrogen-bond donors (Lipinski definition) is 2. The van der Waals surface area contributed by atoms with Gasteiger partial charge in [-0.15, -0.1) is 0 Å². The number of aromatic hydroxyl groups is 1. The second-order valence-electron chi connectivity index (χ2n) is 5.06. The zero-order valence-corrected chi connectivity index (χ0v) is 12.2. The number of fused-ring (bicyclic) bond motifs is 1. The second kappa shape index (κ2) is 5.96. The Morgan fingerprint density at radius 2 is 1.79 bits per heavy atom. The smallest absolute Gasteiger partial charge is 0.305 e. The summed E-state index contributed by atoms with van der Waals surface area (Å²) in [5.74, 6) is -1.55. The zero-order valence-electron chi connectivity index (χ0n) is 12.2. The van der Waals surface area contributed by atoms with Crippen LogP contribution in [0.2, 0.25) is 0 Å². The van der Waals surface area contributed by atoms with Crippen molar-refractivity contribution in [2.45, 2.75) is 0 Å². The molecule has 0 aliphatic carbocycles. The van der Waals surface area contributed by atoms with Crippen molar-refractivity contribution in [1.29, 1.82) is 0 Å². The molecule has 120 valence electrons. The largest absolute Gasteiger partial charge is 0.507 e. The molecule has 0 aliphatic heterocycles. The summed E-state index contributed by atoms with van der Waals surface area (Å²) >= 11 is 0. The SMILES string of the molecule is O=C(Nc1cccc2c(O)cccc12)c1ccc(F)c([N+](=O)[O-])c1. The lowest BCUT2D eigenvalue weighted by Crippen LogP contribution is -2.12. The number of carbonyl (C=O) groups excluding carboxylic acids is 1. The molecular formula is C17H11FN2O4. The van der Waals surface area contributed by atoms with E-state index in [0.717, 1.165) is 12.1 Å². The van der Waals surface area contributed by atoms with Gasteiger partial charge in [-0.3, -0.25) is 14.9 Å². The molecule has 0 atom stereocenters. The van der Waals surface area contributed by atoms with Crippen LogP contribution in [0.3, 0.4) is 0 Å². The molecule has 3 aromatic rings. The first-order chi connectivity index (χ1) is 11.5. The van der Waals surface area contributed by atoms with Crippen LogP contribution in [0.1, 0.15) is 10.4 Å². The van der Waals surface area contributed by atoms with Gasteiger partial charge in [0.2, 0.25) is 5.82 Å². The summed E-state index contributed by atoms with van der Waals surface area (Å²) in [5.41, 5.74) is -0.376. The van der Waals surface area contributed by atoms with E-state index in [0.29, 0.717) is 16.5 Å². The van der Waals surface area contributed by atoms with Crippen molar-refractivity contribution in [2.75, 3.05) is 5.32 Å². The van der Waals surface area contributed by atoms with Gasteiger partial charge < -0.3 is 10.4 Å². The van der Waals surface area contributed by atoms with E-state index in [1.165, 1.54) is 12.1 Å². The Morgan fingerprint density at radius 1 is 1.08 bits per heavy atom. The molecule has 24 heavy (non-hydrogen) atoms. The Labute approximate surface area is 135 Å². The van der Waals surface area contributed by atoms with Crippen molar-refractivity contribution in [1.82, 2.24) is 0 Å². The molecule has 0 bridgehead atoms. The molecule has 0 heterocycles. The van der Waals surface area contributed by atoms with Crippen LogP contribution in [0.5, 0.6) is 5.75 Å². The highest BCUT2D eigenvalue weighted by Gasteiger charge is 2.18. The van der Waals surface area contributed by atoms with Gasteiger partial charge in [0.1, 0.15) is 5.75 Å². The Kier molecular flexibility index (Phi) is 3.83. The maximum atomic E-state index is 13.4. The van der Waals surface area contributed by atoms with E-state index in [4.69, 9.17) is 0 Å². The first-order valence-corrected chi connectivity index (χ1v) is 6.93. The van der Waals surface area contributed by atoms with Gasteiger partial charge >= 0.3 is 5.69 Å². The molecule has 0 aliphatic rings. The zero-order chi connectivity index (χ0) is 17.3. The quantitative estimate of drug-likeness (QED) is 0.565. The molecule has 3 aromatic carbocycles. The van der Waals surface area contributed by atoms with Crippen molar-refractivity contribution in [3.8, 4) is 5.75 Å². The number of nitrogens with zero attached hydrogens (tertiary/aromatic N) is 1. The first-order valence-electron chi connectivity index (χ1n) is 6.93. The average Bonchev–Trinajstić information content (AvgIpc) is 2.56. The number of carbonyl (C=O) groups is 1. The highest BCUT2D eigenvalue weighted by Crippen LogP contribution is 2.30. The molecule has 2 N–H and O–H groups in total. The number of nitrogens with one attached hydrogen (secondary N) is 1. The maximum Gasteiger partial charge on any atom is 0.305 e. The van der Waals surface area contributed by atoms with Gasteiger partial charge in [0.25, 0.3) is 5.91 Å². The third-order valence-electron chi connectivity index (χ3n) is 3.55. The lowest BCUT2D eigenvalue weighted by atomic mass is 10.1. The van der Waals surface area contributed by atoms with E-state index in [-0.39, 0.29) is 11.3 Å². The molecule has 1 amide bonds. The molecule has 0 aromatic heterocycles. The van der Waals surface area contributed by atoms with Gasteiger partial charge in [0.15, 0.2) is 0 Å². The molecule has 3 rings (SSSR count). The highest BCUT2D eigenvalue weighted by molar-refractivity contribution is 6.10. The van der Waals surface area contributed by atoms with Crippen LogP contribution in [0.15, 0.2) is 54.6 Å². The molecule has 0 unspecified atom stereocenters. The number of rotatable bonds is 3. The third kappa shape index (κ3) is 2.74. The minimum Gasteiger partial charge on any atom is -0.507 e. The van der Waals surface area contributed by atoms with E-state index in [2.05, 4.69) is 5.32 Å². The lowest BCUT2D eigenvalue weighted by molar-refractivity contribution is -0.387. The van der Waals surface area contributed by atoms with Crippen molar-refractivity contribution >= 4 is 28.1 Å². The Hall–Kier alpha value is -3.48. The van der Waals surface area contributed by atoms with Gasteiger partial charge in [-0.1, -0.05) is 24.3 Å². The lowest BCUT2D eigenvalue weighted by Gasteiger charge is -2.09. The van der Waals surface area contributed by atoms with E-state index in [9.17, 15) is 24.4 Å². The topological polar surface area (TPSA) is 92.5 Å². The first kappa shape index (κ1) is 15.4. The van der Waals surface area contributed by atoms with Crippen molar-refractivity contribution in [3.05, 3.63) is 76.1 Å². The van der Waals surface area contributed by atoms with Gasteiger partial charge in [-0.2, -0.15) is 4.39 Å². The number of benzene rings is 3. The minimum atomic E-state index is -1.01. The van der Waals surface area contributed by atoms with Crippen molar-refractivity contribution in [3.63, 3.8) is 0 Å². The standard InChI is InChI=1S/C17H11FN2O4/c18-13-8-7-10(9-15(13)20(23)24)17(22)19-14-5-1-4-12-11(14)3-2-6-16(12)21/h1-9,21H,(H,19,22). The fourth-order valence-corrected chi connectivity index (χ4v) is 2.39. The summed E-state index contributed by atoms with van der Waals surface area (Å²) in [4.78, 5) is 22.2. The van der Waals surface area contributed by atoms with Gasteiger partial charge in [0, 0.05) is 28.1 Å². The van der Waals surface area contributed by atoms with Crippen LogP contribution < -0.4 is 5.32 Å². The minimum absolute atomic E-state index is 0.0414. The van der Waals surface area contributed by atoms with E-state index in [1.807, 2.05) is 0 Å². The Balaban J connectivity index is 1.98. The predicted molar refractivity (Wildman–Crippen MR) is 86.6 cm³/mol. The molecule has 0 radical (unpaired) electrons. The summed E-state index contributed by atoms with van der Waals surface area (Å²) < 4.78 is 13.4. The number of halogens is 1. The number of nitro groups is 1. The van der Waals surface area contributed by atoms with Crippen LogP contribution in [0, 0.1) is 15.9 Å². The summed E-state index contributed by atoms with van der Waals surface area (Å²) in [6.45, 7) is 0. The molecule has 0 saturated heterocycles. The fourth-order valence-electron chi connectivity index (χ4n) is 2.39. The molecule has 7 heteroatoms. The monoisotopic (exact) mass is 326 g/mol. The van der Waals surface area contributed by atoms with Gasteiger partial charge in [0.05, 0.1) is 4.92 Å². The molecule has 0 saturated carbocycles. The summed E-state index contributed by atoms with van der Waals surface area (Å²) in [7, 11) is 0. The second-order valence-corrected chi connectivity index (χ2v) is 5.06. The fraction of sp³-hybridized carbons (Fsp3) is 0. The Morgan fingerprint density at radius 3 is 2.54 bits per heavy atom. The third-order valence-corrected chi connectivity index (χ3v) is 3.55. The van der Waals surface area contributed by atoms with Crippen LogP contribution in [0.4, 0.5) is 15.8 Å². The summed E-state index contributed by atoms with van der Waals surface area (Å²) in [6.07, 6.45) is 0. The summed E-state index contributed by atoms with van der Waals surface area (Å²) in [6, 6.07) is 12.8. The van der Waals surface area contributed by atoms with Crippen LogP contribution in [-0.2, 0) is 0 Å². The van der Waals surface area contributed by atoms with E-state index < -0.39 is 22.3 Å². The number of phenolic OH excluding ortho intramolecular Hbond substituents is 1. The normalized spacial score (nSPS) is 10.5. The number of anilines is 1. The molecule has 0 spiro atoms. The summed E-state index contributed by atoms with van der Waals surface area (Å²) in [5, 5.41) is 24.4. The number of phenols is 1. The van der Waals surface area contributed by atoms with Gasteiger partial charge in [-0.05, 0) is 24.3 Å².